The number of rotatable bonds is 11. The van der Waals surface area contributed by atoms with Crippen LogP contribution in [0.25, 0.3) is 17.2 Å². The monoisotopic (exact) mass is 531 g/mol. The van der Waals surface area contributed by atoms with Crippen molar-refractivity contribution in [1.82, 2.24) is 5.32 Å². The van der Waals surface area contributed by atoms with E-state index in [0.717, 1.165) is 33.4 Å². The standard InChI is InChI=1S/C30H31BFNO6/c1-19-24(13-21-14-27(37-2)30(28(15-21)38-3)39-12-11-31(35)36)23-10-9-22(32)16-26(23)25(19)17-29(34)33-18-20-7-5-4-6-8-20/h4-10,13-16,35-36H,11-12,17-18H2,1-3H3,(H,33,34)/b24-13-. The molecule has 0 unspecified atom stereocenters. The second kappa shape index (κ2) is 12.6. The number of allylic oxidation sites excluding steroid dienone is 2. The van der Waals surface area contributed by atoms with E-state index in [0.29, 0.717) is 29.4 Å². The first kappa shape index (κ1) is 27.9. The second-order valence-corrected chi connectivity index (χ2v) is 9.16. The molecule has 0 saturated heterocycles. The van der Waals surface area contributed by atoms with Crippen molar-refractivity contribution in [2.45, 2.75) is 26.2 Å². The zero-order valence-corrected chi connectivity index (χ0v) is 22.2. The molecule has 3 N–H and O–H groups in total. The van der Waals surface area contributed by atoms with E-state index >= 15 is 0 Å². The lowest BCUT2D eigenvalue weighted by atomic mass is 9.87. The summed E-state index contributed by atoms with van der Waals surface area (Å²) in [6.07, 6.45) is 2.08. The Morgan fingerprint density at radius 1 is 1.00 bits per heavy atom. The van der Waals surface area contributed by atoms with Crippen LogP contribution in [0.2, 0.25) is 6.32 Å². The summed E-state index contributed by atoms with van der Waals surface area (Å²) in [7, 11) is 1.53. The highest BCUT2D eigenvalue weighted by atomic mass is 19.1. The van der Waals surface area contributed by atoms with Crippen LogP contribution in [0.4, 0.5) is 4.39 Å². The number of fused-ring (bicyclic) bond motifs is 1. The molecule has 0 bridgehead atoms. The van der Waals surface area contributed by atoms with Crippen molar-refractivity contribution in [1.29, 1.82) is 0 Å². The quantitative estimate of drug-likeness (QED) is 0.310. The van der Waals surface area contributed by atoms with Crippen LogP contribution in [-0.2, 0) is 11.3 Å². The summed E-state index contributed by atoms with van der Waals surface area (Å²) in [4.78, 5) is 12.9. The number of halogens is 1. The van der Waals surface area contributed by atoms with Gasteiger partial charge in [-0.1, -0.05) is 36.4 Å². The minimum Gasteiger partial charge on any atom is -0.493 e. The summed E-state index contributed by atoms with van der Waals surface area (Å²) in [6.45, 7) is 2.40. The number of amides is 1. The number of hydrogen-bond acceptors (Lipinski definition) is 6. The smallest absolute Gasteiger partial charge is 0.454 e. The molecule has 0 heterocycles. The summed E-state index contributed by atoms with van der Waals surface area (Å²) in [5.74, 6) is 0.645. The van der Waals surface area contributed by atoms with Crippen LogP contribution in [0.1, 0.15) is 35.6 Å². The predicted octanol–water partition coefficient (Wildman–Crippen LogP) is 4.73. The van der Waals surface area contributed by atoms with Crippen molar-refractivity contribution < 1.29 is 33.4 Å². The van der Waals surface area contributed by atoms with Gasteiger partial charge in [0, 0.05) is 12.9 Å². The van der Waals surface area contributed by atoms with E-state index in [1.807, 2.05) is 43.3 Å². The van der Waals surface area contributed by atoms with E-state index in [1.165, 1.54) is 26.4 Å². The molecule has 1 aliphatic rings. The fourth-order valence-electron chi connectivity index (χ4n) is 4.56. The maximum absolute atomic E-state index is 14.3. The van der Waals surface area contributed by atoms with Crippen molar-refractivity contribution in [3.05, 3.63) is 94.3 Å². The Kier molecular flexibility index (Phi) is 9.06. The highest BCUT2D eigenvalue weighted by Crippen LogP contribution is 2.45. The third-order valence-corrected chi connectivity index (χ3v) is 6.54. The molecule has 0 spiro atoms. The Labute approximate surface area is 227 Å². The van der Waals surface area contributed by atoms with Crippen LogP contribution in [-0.4, -0.2) is 43.9 Å². The maximum Gasteiger partial charge on any atom is 0.454 e. The first-order valence-electron chi connectivity index (χ1n) is 12.6. The van der Waals surface area contributed by atoms with Crippen LogP contribution < -0.4 is 19.5 Å². The molecule has 0 radical (unpaired) electrons. The van der Waals surface area contributed by atoms with Gasteiger partial charge in [-0.25, -0.2) is 4.39 Å². The molecule has 39 heavy (non-hydrogen) atoms. The average molecular weight is 531 g/mol. The highest BCUT2D eigenvalue weighted by Gasteiger charge is 2.26. The molecule has 0 fully saturated rings. The Balaban J connectivity index is 1.65. The van der Waals surface area contributed by atoms with Gasteiger partial charge in [0.25, 0.3) is 0 Å². The molecular formula is C30H31BFNO6. The summed E-state index contributed by atoms with van der Waals surface area (Å²) in [6, 6.07) is 17.8. The molecule has 4 rings (SSSR count). The molecule has 9 heteroatoms. The lowest BCUT2D eigenvalue weighted by Gasteiger charge is -2.16. The second-order valence-electron chi connectivity index (χ2n) is 9.16. The van der Waals surface area contributed by atoms with Crippen LogP contribution in [0, 0.1) is 5.82 Å². The fraction of sp³-hybridized carbons (Fsp3) is 0.233. The van der Waals surface area contributed by atoms with Crippen LogP contribution in [0.15, 0.2) is 66.2 Å². The first-order valence-corrected chi connectivity index (χ1v) is 12.6. The Morgan fingerprint density at radius 2 is 1.69 bits per heavy atom. The predicted molar refractivity (Wildman–Crippen MR) is 150 cm³/mol. The minimum atomic E-state index is -1.48. The van der Waals surface area contributed by atoms with Crippen molar-refractivity contribution in [2.24, 2.45) is 0 Å². The van der Waals surface area contributed by atoms with Gasteiger partial charge in [-0.3, -0.25) is 4.79 Å². The number of nitrogens with one attached hydrogen (secondary N) is 1. The number of carbonyl (C=O) groups excluding carboxylic acids is 1. The van der Waals surface area contributed by atoms with Gasteiger partial charge in [0.1, 0.15) is 5.82 Å². The van der Waals surface area contributed by atoms with Crippen molar-refractivity contribution in [3.8, 4) is 17.2 Å². The molecule has 202 valence electrons. The molecule has 3 aromatic rings. The fourth-order valence-corrected chi connectivity index (χ4v) is 4.56. The van der Waals surface area contributed by atoms with E-state index in [9.17, 15) is 9.18 Å². The zero-order valence-electron chi connectivity index (χ0n) is 22.2. The summed E-state index contributed by atoms with van der Waals surface area (Å²) in [5.41, 5.74) is 5.76. The number of benzene rings is 3. The third-order valence-electron chi connectivity index (χ3n) is 6.54. The van der Waals surface area contributed by atoms with E-state index in [-0.39, 0.29) is 31.1 Å². The molecular weight excluding hydrogens is 500 g/mol. The SMILES string of the molecule is COc1cc(/C=C2/C(C)=C(CC(=O)NCc3ccccc3)c3cc(F)ccc32)cc(OC)c1OCCB(O)O. The maximum atomic E-state index is 14.3. The Bertz CT molecular complexity index is 1380. The number of ether oxygens (including phenoxy) is 3. The van der Waals surface area contributed by atoms with Crippen molar-refractivity contribution >= 4 is 30.2 Å². The Hall–Kier alpha value is -4.08. The number of methoxy groups -OCH3 is 2. The normalized spacial score (nSPS) is 13.3. The molecule has 1 amide bonds. The van der Waals surface area contributed by atoms with E-state index in [4.69, 9.17) is 24.3 Å². The average Bonchev–Trinajstić information content (AvgIpc) is 3.17. The van der Waals surface area contributed by atoms with Crippen LogP contribution >= 0.6 is 0 Å². The van der Waals surface area contributed by atoms with Gasteiger partial charge in [0.15, 0.2) is 11.5 Å². The van der Waals surface area contributed by atoms with Gasteiger partial charge in [-0.2, -0.15) is 0 Å². The van der Waals surface area contributed by atoms with Gasteiger partial charge in [0.05, 0.1) is 27.2 Å². The molecule has 0 saturated carbocycles. The highest BCUT2D eigenvalue weighted by molar-refractivity contribution is 6.41. The van der Waals surface area contributed by atoms with E-state index < -0.39 is 7.12 Å². The zero-order chi connectivity index (χ0) is 27.9. The molecule has 7 nitrogen and oxygen atoms in total. The molecule has 0 aliphatic heterocycles. The van der Waals surface area contributed by atoms with Gasteiger partial charge in [0.2, 0.25) is 11.7 Å². The largest absolute Gasteiger partial charge is 0.493 e. The summed E-state index contributed by atoms with van der Waals surface area (Å²) >= 11 is 0. The lowest BCUT2D eigenvalue weighted by Crippen LogP contribution is -2.22. The number of carbonyl (C=O) groups is 1. The third kappa shape index (κ3) is 6.68. The minimum absolute atomic E-state index is 0.0249. The molecule has 0 atom stereocenters. The molecule has 0 aromatic heterocycles. The Morgan fingerprint density at radius 3 is 2.33 bits per heavy atom. The van der Waals surface area contributed by atoms with Gasteiger partial charge in [-0.15, -0.1) is 0 Å². The summed E-state index contributed by atoms with van der Waals surface area (Å²) in [5, 5.41) is 21.2. The molecule has 1 aliphatic carbocycles. The molecule has 3 aromatic carbocycles. The van der Waals surface area contributed by atoms with Crippen LogP contribution in [0.5, 0.6) is 17.2 Å². The van der Waals surface area contributed by atoms with Crippen LogP contribution in [0.3, 0.4) is 0 Å². The topological polar surface area (TPSA) is 97.3 Å². The van der Waals surface area contributed by atoms with Gasteiger partial charge >= 0.3 is 7.12 Å². The van der Waals surface area contributed by atoms with Crippen molar-refractivity contribution in [2.75, 3.05) is 20.8 Å². The summed E-state index contributed by atoms with van der Waals surface area (Å²) < 4.78 is 31.1. The van der Waals surface area contributed by atoms with E-state index in [2.05, 4.69) is 5.32 Å². The van der Waals surface area contributed by atoms with Gasteiger partial charge < -0.3 is 29.6 Å². The van der Waals surface area contributed by atoms with E-state index in [1.54, 1.807) is 18.2 Å². The first-order chi connectivity index (χ1) is 18.8. The number of hydrogen-bond donors (Lipinski definition) is 3. The van der Waals surface area contributed by atoms with Crippen molar-refractivity contribution in [3.63, 3.8) is 0 Å². The van der Waals surface area contributed by atoms with Gasteiger partial charge in [-0.05, 0) is 76.2 Å². The lowest BCUT2D eigenvalue weighted by molar-refractivity contribution is -0.120.